The third kappa shape index (κ3) is 3.14. The molecule has 1 heterocycles. The van der Waals surface area contributed by atoms with Crippen LogP contribution < -0.4 is 5.32 Å². The molecule has 3 heteroatoms. The minimum Gasteiger partial charge on any atom is -0.498 e. The minimum absolute atomic E-state index is 0.118. The third-order valence-electron chi connectivity index (χ3n) is 2.32. The van der Waals surface area contributed by atoms with Crippen molar-refractivity contribution in [2.75, 3.05) is 13.1 Å². The zero-order valence-corrected chi connectivity index (χ0v) is 9.17. The van der Waals surface area contributed by atoms with Gasteiger partial charge in [-0.25, -0.2) is 0 Å². The topological polar surface area (TPSA) is 38.3 Å². The monoisotopic (exact) mass is 197 g/mol. The molecule has 1 saturated heterocycles. The van der Waals surface area contributed by atoms with Crippen molar-refractivity contribution in [2.45, 2.75) is 33.3 Å². The maximum Gasteiger partial charge on any atom is 0.166 e. The standard InChI is InChI=1S/C11H19NO2/c1-8(2)14-7-10-6-12-5-4-9(3)11(10)13/h7-9,12H,4-6H2,1-3H3/b10-7+. The van der Waals surface area contributed by atoms with Crippen LogP contribution in [-0.4, -0.2) is 25.0 Å². The maximum atomic E-state index is 11.8. The van der Waals surface area contributed by atoms with Crippen LogP contribution in [0.4, 0.5) is 0 Å². The van der Waals surface area contributed by atoms with Crippen LogP contribution in [0.3, 0.4) is 0 Å². The molecule has 1 aliphatic heterocycles. The van der Waals surface area contributed by atoms with Crippen molar-refractivity contribution in [1.82, 2.24) is 5.32 Å². The quantitative estimate of drug-likeness (QED) is 0.538. The lowest BCUT2D eigenvalue weighted by Gasteiger charge is -2.09. The SMILES string of the molecule is CC(C)O/C=C1\CNCCC(C)C1=O. The fraction of sp³-hybridized carbons (Fsp3) is 0.727. The van der Waals surface area contributed by atoms with Crippen LogP contribution in [0.5, 0.6) is 0 Å². The van der Waals surface area contributed by atoms with Gasteiger partial charge in [-0.05, 0) is 26.8 Å². The Hall–Kier alpha value is -0.830. The number of rotatable bonds is 2. The Balaban J connectivity index is 2.64. The van der Waals surface area contributed by atoms with Crippen molar-refractivity contribution >= 4 is 5.78 Å². The zero-order chi connectivity index (χ0) is 10.6. The van der Waals surface area contributed by atoms with E-state index in [1.54, 1.807) is 6.26 Å². The second-order valence-corrected chi connectivity index (χ2v) is 4.06. The normalized spacial score (nSPS) is 26.7. The van der Waals surface area contributed by atoms with E-state index in [-0.39, 0.29) is 17.8 Å². The van der Waals surface area contributed by atoms with Gasteiger partial charge in [0.15, 0.2) is 5.78 Å². The van der Waals surface area contributed by atoms with Gasteiger partial charge < -0.3 is 10.1 Å². The fourth-order valence-corrected chi connectivity index (χ4v) is 1.39. The van der Waals surface area contributed by atoms with E-state index >= 15 is 0 Å². The predicted molar refractivity (Wildman–Crippen MR) is 56.0 cm³/mol. The molecular formula is C11H19NO2. The Bertz CT molecular complexity index is 233. The van der Waals surface area contributed by atoms with E-state index < -0.39 is 0 Å². The van der Waals surface area contributed by atoms with Gasteiger partial charge in [-0.1, -0.05) is 6.92 Å². The Morgan fingerprint density at radius 3 is 2.93 bits per heavy atom. The first-order valence-electron chi connectivity index (χ1n) is 5.20. The summed E-state index contributed by atoms with van der Waals surface area (Å²) in [6.45, 7) is 7.42. The van der Waals surface area contributed by atoms with Crippen LogP contribution in [0.1, 0.15) is 27.2 Å². The summed E-state index contributed by atoms with van der Waals surface area (Å²) < 4.78 is 5.33. The number of nitrogens with one attached hydrogen (secondary N) is 1. The highest BCUT2D eigenvalue weighted by atomic mass is 16.5. The van der Waals surface area contributed by atoms with Gasteiger partial charge in [-0.3, -0.25) is 4.79 Å². The van der Waals surface area contributed by atoms with Gasteiger partial charge in [-0.2, -0.15) is 0 Å². The summed E-state index contributed by atoms with van der Waals surface area (Å²) in [6, 6.07) is 0. The van der Waals surface area contributed by atoms with Crippen LogP contribution >= 0.6 is 0 Å². The number of ether oxygens (including phenoxy) is 1. The van der Waals surface area contributed by atoms with Crippen molar-refractivity contribution in [1.29, 1.82) is 0 Å². The van der Waals surface area contributed by atoms with Crippen LogP contribution in [0.2, 0.25) is 0 Å². The van der Waals surface area contributed by atoms with Crippen LogP contribution in [0.15, 0.2) is 11.8 Å². The second kappa shape index (κ2) is 5.15. The lowest BCUT2D eigenvalue weighted by molar-refractivity contribution is -0.118. The van der Waals surface area contributed by atoms with Gasteiger partial charge in [0.2, 0.25) is 0 Å². The van der Waals surface area contributed by atoms with Gasteiger partial charge in [0.25, 0.3) is 0 Å². The molecule has 1 N–H and O–H groups in total. The predicted octanol–water partition coefficient (Wildman–Crippen LogP) is 1.49. The Kier molecular flexibility index (Phi) is 4.14. The number of hydrogen-bond acceptors (Lipinski definition) is 3. The molecule has 0 aromatic heterocycles. The molecule has 1 rings (SSSR count). The van der Waals surface area contributed by atoms with Crippen LogP contribution in [-0.2, 0) is 9.53 Å². The molecule has 1 aliphatic rings. The number of carbonyl (C=O) groups excluding carboxylic acids is 1. The minimum atomic E-state index is 0.118. The van der Waals surface area contributed by atoms with E-state index in [9.17, 15) is 4.79 Å². The number of Topliss-reactive ketones (excluding diaryl/α,β-unsaturated/α-hetero) is 1. The number of carbonyl (C=O) groups is 1. The molecule has 1 unspecified atom stereocenters. The average molecular weight is 197 g/mol. The number of hydrogen-bond donors (Lipinski definition) is 1. The van der Waals surface area contributed by atoms with E-state index in [4.69, 9.17) is 4.74 Å². The molecule has 0 radical (unpaired) electrons. The van der Waals surface area contributed by atoms with Crippen molar-refractivity contribution in [3.63, 3.8) is 0 Å². The third-order valence-corrected chi connectivity index (χ3v) is 2.32. The summed E-state index contributed by atoms with van der Waals surface area (Å²) in [5, 5.41) is 3.21. The number of ketones is 1. The van der Waals surface area contributed by atoms with Gasteiger partial charge in [0.1, 0.15) is 0 Å². The first-order chi connectivity index (χ1) is 6.61. The van der Waals surface area contributed by atoms with E-state index in [0.29, 0.717) is 6.54 Å². The second-order valence-electron chi connectivity index (χ2n) is 4.06. The van der Waals surface area contributed by atoms with Crippen LogP contribution in [0.25, 0.3) is 0 Å². The highest BCUT2D eigenvalue weighted by Crippen LogP contribution is 2.13. The van der Waals surface area contributed by atoms with Gasteiger partial charge in [0.05, 0.1) is 12.4 Å². The van der Waals surface area contributed by atoms with Crippen molar-refractivity contribution in [3.8, 4) is 0 Å². The van der Waals surface area contributed by atoms with Crippen molar-refractivity contribution in [2.24, 2.45) is 5.92 Å². The summed E-state index contributed by atoms with van der Waals surface area (Å²) in [4.78, 5) is 11.8. The van der Waals surface area contributed by atoms with E-state index in [1.165, 1.54) is 0 Å². The molecule has 0 saturated carbocycles. The summed E-state index contributed by atoms with van der Waals surface area (Å²) in [7, 11) is 0. The highest BCUT2D eigenvalue weighted by molar-refractivity contribution is 5.97. The Morgan fingerprint density at radius 2 is 2.29 bits per heavy atom. The largest absolute Gasteiger partial charge is 0.498 e. The zero-order valence-electron chi connectivity index (χ0n) is 9.17. The van der Waals surface area contributed by atoms with E-state index in [1.807, 2.05) is 20.8 Å². The molecule has 0 aromatic rings. The molecule has 1 fully saturated rings. The highest BCUT2D eigenvalue weighted by Gasteiger charge is 2.20. The first kappa shape index (κ1) is 11.2. The summed E-state index contributed by atoms with van der Waals surface area (Å²) in [5.74, 6) is 0.336. The summed E-state index contributed by atoms with van der Waals surface area (Å²) in [6.07, 6.45) is 2.66. The molecule has 80 valence electrons. The molecule has 0 spiro atoms. The maximum absolute atomic E-state index is 11.8. The van der Waals surface area contributed by atoms with E-state index in [2.05, 4.69) is 5.32 Å². The van der Waals surface area contributed by atoms with Crippen molar-refractivity contribution < 1.29 is 9.53 Å². The molecule has 0 bridgehead atoms. The molecule has 3 nitrogen and oxygen atoms in total. The first-order valence-corrected chi connectivity index (χ1v) is 5.20. The molecule has 0 aliphatic carbocycles. The summed E-state index contributed by atoms with van der Waals surface area (Å²) in [5.41, 5.74) is 0.767. The van der Waals surface area contributed by atoms with Crippen molar-refractivity contribution in [3.05, 3.63) is 11.8 Å². The molecule has 14 heavy (non-hydrogen) atoms. The van der Waals surface area contributed by atoms with Gasteiger partial charge >= 0.3 is 0 Å². The lowest BCUT2D eigenvalue weighted by Crippen LogP contribution is -2.18. The molecule has 0 amide bonds. The lowest BCUT2D eigenvalue weighted by atomic mass is 9.99. The van der Waals surface area contributed by atoms with E-state index in [0.717, 1.165) is 18.5 Å². The van der Waals surface area contributed by atoms with Gasteiger partial charge in [-0.15, -0.1) is 0 Å². The Morgan fingerprint density at radius 1 is 1.57 bits per heavy atom. The molecule has 1 atom stereocenters. The molecule has 0 aromatic carbocycles. The van der Waals surface area contributed by atoms with Crippen LogP contribution in [0, 0.1) is 5.92 Å². The molecular weight excluding hydrogens is 178 g/mol. The fourth-order valence-electron chi connectivity index (χ4n) is 1.39. The smallest absolute Gasteiger partial charge is 0.166 e. The average Bonchev–Trinajstić information content (AvgIpc) is 2.28. The Labute approximate surface area is 85.5 Å². The summed E-state index contributed by atoms with van der Waals surface area (Å²) >= 11 is 0. The van der Waals surface area contributed by atoms with Gasteiger partial charge in [0, 0.05) is 18.0 Å².